The minimum atomic E-state index is -4.75. The van der Waals surface area contributed by atoms with Crippen molar-refractivity contribution in [1.29, 1.82) is 0 Å². The summed E-state index contributed by atoms with van der Waals surface area (Å²) in [6, 6.07) is 1.55. The molecule has 0 aromatic carbocycles. The van der Waals surface area contributed by atoms with Gasteiger partial charge in [-0.1, -0.05) is 0 Å². The summed E-state index contributed by atoms with van der Waals surface area (Å²) in [5.41, 5.74) is -3.60. The van der Waals surface area contributed by atoms with Gasteiger partial charge in [-0.15, -0.1) is 0 Å². The topological polar surface area (TPSA) is 115 Å². The maximum Gasteiger partial charge on any atom is 0.433 e. The van der Waals surface area contributed by atoms with Crippen LogP contribution >= 0.6 is 0 Å². The first-order chi connectivity index (χ1) is 13.8. The van der Waals surface area contributed by atoms with Gasteiger partial charge in [0.2, 0.25) is 15.9 Å². The smallest absolute Gasteiger partial charge is 0.338 e. The number of pyridine rings is 1. The molecule has 0 unspecified atom stereocenters. The SMILES string of the molecule is Cn1c(=O)n(CC(=O)N2CCN(S(C)(=O)=O)CC2)c(=O)c2ccc(C(F)(F)F)nc21. The molecule has 3 rings (SSSR count). The third kappa shape index (κ3) is 4.09. The number of piperazine rings is 1. The maximum atomic E-state index is 12.9. The molecule has 0 N–H and O–H groups in total. The van der Waals surface area contributed by atoms with E-state index in [1.165, 1.54) is 9.21 Å². The van der Waals surface area contributed by atoms with E-state index >= 15 is 0 Å². The average molecular weight is 449 g/mol. The summed E-state index contributed by atoms with van der Waals surface area (Å²) >= 11 is 0. The summed E-state index contributed by atoms with van der Waals surface area (Å²) in [4.78, 5) is 42.4. The summed E-state index contributed by atoms with van der Waals surface area (Å²) < 4.78 is 64.4. The molecule has 14 heteroatoms. The van der Waals surface area contributed by atoms with Crippen molar-refractivity contribution in [3.63, 3.8) is 0 Å². The predicted molar refractivity (Wildman–Crippen MR) is 99.2 cm³/mol. The molecule has 0 aliphatic carbocycles. The van der Waals surface area contributed by atoms with Crippen LogP contribution in [0.15, 0.2) is 21.7 Å². The molecule has 0 atom stereocenters. The number of alkyl halides is 3. The van der Waals surface area contributed by atoms with Crippen molar-refractivity contribution < 1.29 is 26.4 Å². The Bertz CT molecular complexity index is 1230. The Kier molecular flexibility index (Phi) is 5.49. The van der Waals surface area contributed by atoms with Gasteiger partial charge in [-0.3, -0.25) is 18.7 Å². The molecule has 10 nitrogen and oxygen atoms in total. The molecule has 3 heterocycles. The molecular formula is C16H18F3N5O5S. The largest absolute Gasteiger partial charge is 0.433 e. The quantitative estimate of drug-likeness (QED) is 0.607. The van der Waals surface area contributed by atoms with Crippen molar-refractivity contribution >= 4 is 27.0 Å². The number of nitrogens with zero attached hydrogens (tertiary/aromatic N) is 5. The third-order valence-corrected chi connectivity index (χ3v) is 6.13. The zero-order valence-corrected chi connectivity index (χ0v) is 16.8. The van der Waals surface area contributed by atoms with E-state index in [1.807, 2.05) is 0 Å². The van der Waals surface area contributed by atoms with Crippen LogP contribution in [0.4, 0.5) is 13.2 Å². The first kappa shape index (κ1) is 22.0. The maximum absolute atomic E-state index is 12.9. The fraction of sp³-hybridized carbons (Fsp3) is 0.500. The minimum Gasteiger partial charge on any atom is -0.338 e. The van der Waals surface area contributed by atoms with Gasteiger partial charge in [-0.05, 0) is 12.1 Å². The zero-order valence-electron chi connectivity index (χ0n) is 16.0. The van der Waals surface area contributed by atoms with Gasteiger partial charge < -0.3 is 4.90 Å². The summed E-state index contributed by atoms with van der Waals surface area (Å²) in [6.45, 7) is -0.282. The minimum absolute atomic E-state index is 0.0827. The molecule has 0 radical (unpaired) electrons. The summed E-state index contributed by atoms with van der Waals surface area (Å²) in [7, 11) is -2.24. The highest BCUT2D eigenvalue weighted by Crippen LogP contribution is 2.28. The van der Waals surface area contributed by atoms with Crippen molar-refractivity contribution in [1.82, 2.24) is 23.3 Å². The number of sulfonamides is 1. The number of hydrogen-bond donors (Lipinski definition) is 0. The van der Waals surface area contributed by atoms with Gasteiger partial charge in [-0.25, -0.2) is 18.2 Å². The standard InChI is InChI=1S/C16H18F3N5O5S/c1-21-13-10(3-4-11(20-13)16(17,18)19)14(26)24(15(21)27)9-12(25)22-5-7-23(8-6-22)30(2,28)29/h3-4H,5-9H2,1-2H3. The fourth-order valence-corrected chi connectivity index (χ4v) is 4.00. The van der Waals surface area contributed by atoms with Crippen LogP contribution in [0.5, 0.6) is 0 Å². The number of fused-ring (bicyclic) bond motifs is 1. The van der Waals surface area contributed by atoms with Crippen molar-refractivity contribution in [2.45, 2.75) is 12.7 Å². The molecule has 2 aromatic rings. The molecule has 0 spiro atoms. The number of aryl methyl sites for hydroxylation is 1. The Labute approximate surface area is 168 Å². The Hall–Kier alpha value is -2.74. The Morgan fingerprint density at radius 3 is 2.27 bits per heavy atom. The lowest BCUT2D eigenvalue weighted by Crippen LogP contribution is -2.52. The molecule has 1 aliphatic heterocycles. The van der Waals surface area contributed by atoms with E-state index in [4.69, 9.17) is 0 Å². The van der Waals surface area contributed by atoms with Gasteiger partial charge in [-0.2, -0.15) is 17.5 Å². The van der Waals surface area contributed by atoms with Crippen molar-refractivity contribution in [3.8, 4) is 0 Å². The van der Waals surface area contributed by atoms with Gasteiger partial charge in [0.15, 0.2) is 0 Å². The summed E-state index contributed by atoms with van der Waals surface area (Å²) in [6.07, 6.45) is -3.69. The van der Waals surface area contributed by atoms with E-state index in [9.17, 15) is 36.0 Å². The highest BCUT2D eigenvalue weighted by atomic mass is 32.2. The Morgan fingerprint density at radius 2 is 1.73 bits per heavy atom. The molecule has 1 saturated heterocycles. The second kappa shape index (κ2) is 7.50. The van der Waals surface area contributed by atoms with Crippen LogP contribution in [0.2, 0.25) is 0 Å². The van der Waals surface area contributed by atoms with Gasteiger partial charge in [0, 0.05) is 33.2 Å². The first-order valence-corrected chi connectivity index (χ1v) is 10.6. The monoisotopic (exact) mass is 449 g/mol. The van der Waals surface area contributed by atoms with Crippen LogP contribution in [-0.4, -0.2) is 70.1 Å². The van der Waals surface area contributed by atoms with Crippen LogP contribution in [0.3, 0.4) is 0 Å². The second-order valence-corrected chi connectivity index (χ2v) is 8.82. The molecular weight excluding hydrogens is 431 g/mol. The van der Waals surface area contributed by atoms with E-state index in [1.54, 1.807) is 0 Å². The van der Waals surface area contributed by atoms with Gasteiger partial charge in [0.1, 0.15) is 17.9 Å². The average Bonchev–Trinajstić information content (AvgIpc) is 2.67. The van der Waals surface area contributed by atoms with E-state index in [0.29, 0.717) is 10.6 Å². The van der Waals surface area contributed by atoms with E-state index in [-0.39, 0.29) is 31.6 Å². The predicted octanol–water partition coefficient (Wildman–Crippen LogP) is -0.782. The summed E-state index contributed by atoms with van der Waals surface area (Å²) in [5, 5.41) is -0.236. The first-order valence-electron chi connectivity index (χ1n) is 8.71. The zero-order chi connectivity index (χ0) is 22.4. The van der Waals surface area contributed by atoms with Crippen LogP contribution < -0.4 is 11.2 Å². The van der Waals surface area contributed by atoms with Crippen LogP contribution in [0, 0.1) is 0 Å². The van der Waals surface area contributed by atoms with E-state index in [2.05, 4.69) is 4.98 Å². The number of hydrogen-bond acceptors (Lipinski definition) is 6. The molecule has 1 fully saturated rings. The molecule has 2 aromatic heterocycles. The lowest BCUT2D eigenvalue weighted by atomic mass is 10.2. The number of amides is 1. The Morgan fingerprint density at radius 1 is 1.13 bits per heavy atom. The highest BCUT2D eigenvalue weighted by Gasteiger charge is 2.33. The second-order valence-electron chi connectivity index (χ2n) is 6.84. The highest BCUT2D eigenvalue weighted by molar-refractivity contribution is 7.88. The van der Waals surface area contributed by atoms with E-state index in [0.717, 1.165) is 23.9 Å². The summed E-state index contributed by atoms with van der Waals surface area (Å²) in [5.74, 6) is -0.582. The number of aromatic nitrogens is 3. The molecule has 164 valence electrons. The number of carbonyl (C=O) groups excluding carboxylic acids is 1. The van der Waals surface area contributed by atoms with Crippen molar-refractivity contribution in [2.24, 2.45) is 7.05 Å². The number of carbonyl (C=O) groups is 1. The lowest BCUT2D eigenvalue weighted by Gasteiger charge is -2.33. The van der Waals surface area contributed by atoms with Crippen LogP contribution in [0.25, 0.3) is 11.0 Å². The normalized spacial score (nSPS) is 16.2. The lowest BCUT2D eigenvalue weighted by molar-refractivity contribution is -0.141. The number of rotatable bonds is 3. The van der Waals surface area contributed by atoms with Crippen molar-refractivity contribution in [2.75, 3.05) is 32.4 Å². The van der Waals surface area contributed by atoms with Gasteiger partial charge in [0.25, 0.3) is 5.56 Å². The molecule has 0 bridgehead atoms. The molecule has 1 amide bonds. The molecule has 30 heavy (non-hydrogen) atoms. The number of halogens is 3. The molecule has 1 aliphatic rings. The van der Waals surface area contributed by atoms with Gasteiger partial charge >= 0.3 is 11.9 Å². The van der Waals surface area contributed by atoms with Gasteiger partial charge in [0.05, 0.1) is 11.6 Å². The Balaban J connectivity index is 1.91. The van der Waals surface area contributed by atoms with Crippen LogP contribution in [-0.2, 0) is 34.6 Å². The molecule has 0 saturated carbocycles. The third-order valence-electron chi connectivity index (χ3n) is 4.83. The van der Waals surface area contributed by atoms with Crippen molar-refractivity contribution in [3.05, 3.63) is 38.7 Å². The van der Waals surface area contributed by atoms with E-state index < -0.39 is 51.2 Å². The van der Waals surface area contributed by atoms with Crippen LogP contribution in [0.1, 0.15) is 5.69 Å². The fourth-order valence-electron chi connectivity index (χ4n) is 3.18.